The standard InChI is InChI=1S/C9H7N5OS2/c10-1-7-12-6(3-17-7)9-13-8(14-15-9)5-2-16-4-11-5/h2-4H,1,10H2. The van der Waals surface area contributed by atoms with Crippen LogP contribution >= 0.6 is 22.7 Å². The minimum atomic E-state index is 0.393. The Hall–Kier alpha value is -1.64. The average Bonchev–Trinajstić information content (AvgIpc) is 3.09. The molecular weight excluding hydrogens is 258 g/mol. The maximum Gasteiger partial charge on any atom is 0.277 e. The first kappa shape index (κ1) is 10.5. The lowest BCUT2D eigenvalue weighted by atomic mass is 10.4. The molecule has 2 N–H and O–H groups in total. The topological polar surface area (TPSA) is 90.7 Å². The fraction of sp³-hybridized carbons (Fsp3) is 0.111. The first-order valence-electron chi connectivity index (χ1n) is 4.74. The van der Waals surface area contributed by atoms with E-state index in [2.05, 4.69) is 20.1 Å². The van der Waals surface area contributed by atoms with Crippen LogP contribution in [0.4, 0.5) is 0 Å². The highest BCUT2D eigenvalue weighted by molar-refractivity contribution is 7.09. The zero-order valence-corrected chi connectivity index (χ0v) is 10.2. The summed E-state index contributed by atoms with van der Waals surface area (Å²) in [7, 11) is 0. The van der Waals surface area contributed by atoms with Gasteiger partial charge in [0.15, 0.2) is 0 Å². The van der Waals surface area contributed by atoms with Gasteiger partial charge in [0.1, 0.15) is 16.4 Å². The Kier molecular flexibility index (Phi) is 2.67. The highest BCUT2D eigenvalue weighted by Crippen LogP contribution is 2.23. The van der Waals surface area contributed by atoms with Crippen molar-refractivity contribution in [3.05, 3.63) is 21.3 Å². The van der Waals surface area contributed by atoms with E-state index in [0.29, 0.717) is 29.6 Å². The van der Waals surface area contributed by atoms with E-state index in [4.69, 9.17) is 10.3 Å². The Morgan fingerprint density at radius 1 is 1.24 bits per heavy atom. The Labute approximate surface area is 104 Å². The minimum Gasteiger partial charge on any atom is -0.332 e. The van der Waals surface area contributed by atoms with Gasteiger partial charge in [-0.05, 0) is 0 Å². The Balaban J connectivity index is 1.94. The van der Waals surface area contributed by atoms with E-state index in [1.165, 1.54) is 22.7 Å². The zero-order valence-electron chi connectivity index (χ0n) is 8.53. The maximum atomic E-state index is 5.50. The quantitative estimate of drug-likeness (QED) is 0.776. The molecule has 0 amide bonds. The number of hydrogen-bond acceptors (Lipinski definition) is 8. The molecule has 0 bridgehead atoms. The van der Waals surface area contributed by atoms with Crippen LogP contribution in [-0.4, -0.2) is 20.1 Å². The first-order valence-corrected chi connectivity index (χ1v) is 6.56. The predicted molar refractivity (Wildman–Crippen MR) is 64.4 cm³/mol. The highest BCUT2D eigenvalue weighted by Gasteiger charge is 2.14. The van der Waals surface area contributed by atoms with E-state index in [1.54, 1.807) is 5.51 Å². The summed E-state index contributed by atoms with van der Waals surface area (Å²) in [5.74, 6) is 0.868. The third-order valence-electron chi connectivity index (χ3n) is 2.03. The summed E-state index contributed by atoms with van der Waals surface area (Å²) < 4.78 is 5.14. The third-order valence-corrected chi connectivity index (χ3v) is 3.49. The van der Waals surface area contributed by atoms with E-state index < -0.39 is 0 Å². The third kappa shape index (κ3) is 1.97. The molecule has 0 aliphatic carbocycles. The monoisotopic (exact) mass is 265 g/mol. The predicted octanol–water partition coefficient (Wildman–Crippen LogP) is 1.78. The summed E-state index contributed by atoms with van der Waals surface area (Å²) in [4.78, 5) is 12.6. The first-order chi connectivity index (χ1) is 8.36. The molecule has 3 aromatic heterocycles. The van der Waals surface area contributed by atoms with Crippen molar-refractivity contribution in [2.45, 2.75) is 6.54 Å². The lowest BCUT2D eigenvalue weighted by Crippen LogP contribution is -1.94. The molecule has 0 aromatic carbocycles. The second-order valence-electron chi connectivity index (χ2n) is 3.13. The average molecular weight is 265 g/mol. The van der Waals surface area contributed by atoms with Gasteiger partial charge in [-0.1, -0.05) is 5.16 Å². The molecule has 17 heavy (non-hydrogen) atoms. The maximum absolute atomic E-state index is 5.50. The van der Waals surface area contributed by atoms with Gasteiger partial charge in [-0.2, -0.15) is 4.98 Å². The number of rotatable bonds is 3. The van der Waals surface area contributed by atoms with E-state index in [-0.39, 0.29) is 0 Å². The summed E-state index contributed by atoms with van der Waals surface area (Å²) in [6, 6.07) is 0. The molecule has 0 spiro atoms. The highest BCUT2D eigenvalue weighted by atomic mass is 32.1. The molecule has 0 aliphatic rings. The molecule has 86 valence electrons. The van der Waals surface area contributed by atoms with Gasteiger partial charge in [0, 0.05) is 17.3 Å². The lowest BCUT2D eigenvalue weighted by molar-refractivity contribution is 0.431. The van der Waals surface area contributed by atoms with Crippen molar-refractivity contribution in [3.63, 3.8) is 0 Å². The van der Waals surface area contributed by atoms with Crippen LogP contribution in [0.3, 0.4) is 0 Å². The summed E-state index contributed by atoms with van der Waals surface area (Å²) in [5.41, 5.74) is 8.58. The molecule has 3 aromatic rings. The fourth-order valence-corrected chi connectivity index (χ4v) is 2.44. The van der Waals surface area contributed by atoms with Crippen LogP contribution in [0, 0.1) is 0 Å². The molecule has 0 aliphatic heterocycles. The Morgan fingerprint density at radius 3 is 2.88 bits per heavy atom. The van der Waals surface area contributed by atoms with E-state index in [0.717, 1.165) is 5.01 Å². The van der Waals surface area contributed by atoms with Crippen molar-refractivity contribution in [2.75, 3.05) is 0 Å². The molecule has 0 fully saturated rings. The molecule has 3 rings (SSSR count). The molecule has 0 atom stereocenters. The SMILES string of the molecule is NCc1nc(-c2nc(-c3cscn3)no2)cs1. The number of hydrogen-bond donors (Lipinski definition) is 1. The number of nitrogens with zero attached hydrogens (tertiary/aromatic N) is 4. The van der Waals surface area contributed by atoms with Crippen molar-refractivity contribution >= 4 is 22.7 Å². The van der Waals surface area contributed by atoms with Crippen LogP contribution in [-0.2, 0) is 6.54 Å². The smallest absolute Gasteiger partial charge is 0.277 e. The molecule has 0 saturated carbocycles. The van der Waals surface area contributed by atoms with E-state index in [1.807, 2.05) is 10.8 Å². The van der Waals surface area contributed by atoms with Crippen LogP contribution in [0.2, 0.25) is 0 Å². The van der Waals surface area contributed by atoms with Crippen LogP contribution in [0.1, 0.15) is 5.01 Å². The molecule has 8 heteroatoms. The zero-order chi connectivity index (χ0) is 11.7. The van der Waals surface area contributed by atoms with Gasteiger partial charge < -0.3 is 10.3 Å². The molecule has 0 unspecified atom stereocenters. The fourth-order valence-electron chi connectivity index (χ4n) is 1.26. The Morgan fingerprint density at radius 2 is 2.18 bits per heavy atom. The van der Waals surface area contributed by atoms with Crippen molar-refractivity contribution in [2.24, 2.45) is 5.73 Å². The normalized spacial score (nSPS) is 10.9. The summed E-state index contributed by atoms with van der Waals surface area (Å²) in [6.45, 7) is 0.414. The molecule has 3 heterocycles. The van der Waals surface area contributed by atoms with Crippen LogP contribution in [0.5, 0.6) is 0 Å². The number of thiazole rings is 2. The molecule has 0 radical (unpaired) electrons. The second-order valence-corrected chi connectivity index (χ2v) is 4.79. The largest absolute Gasteiger partial charge is 0.332 e. The Bertz CT molecular complexity index is 615. The number of nitrogens with two attached hydrogens (primary N) is 1. The van der Waals surface area contributed by atoms with Gasteiger partial charge in [-0.15, -0.1) is 22.7 Å². The van der Waals surface area contributed by atoms with Crippen molar-refractivity contribution in [1.29, 1.82) is 0 Å². The number of aromatic nitrogens is 4. The summed E-state index contributed by atoms with van der Waals surface area (Å²) in [6.07, 6.45) is 0. The van der Waals surface area contributed by atoms with Crippen molar-refractivity contribution in [3.8, 4) is 23.1 Å². The minimum absolute atomic E-state index is 0.393. The molecule has 0 saturated heterocycles. The molecule has 6 nitrogen and oxygen atoms in total. The lowest BCUT2D eigenvalue weighted by Gasteiger charge is -1.84. The summed E-state index contributed by atoms with van der Waals surface area (Å²) in [5, 5.41) is 8.41. The molecular formula is C9H7N5OS2. The van der Waals surface area contributed by atoms with E-state index >= 15 is 0 Å². The van der Waals surface area contributed by atoms with Gasteiger partial charge in [0.25, 0.3) is 5.89 Å². The second kappa shape index (κ2) is 4.32. The van der Waals surface area contributed by atoms with Crippen LogP contribution in [0.15, 0.2) is 20.8 Å². The van der Waals surface area contributed by atoms with Crippen LogP contribution < -0.4 is 5.73 Å². The summed E-state index contributed by atoms with van der Waals surface area (Å²) >= 11 is 2.96. The van der Waals surface area contributed by atoms with Gasteiger partial charge in [-0.3, -0.25) is 0 Å². The van der Waals surface area contributed by atoms with Crippen molar-refractivity contribution < 1.29 is 4.52 Å². The van der Waals surface area contributed by atoms with Crippen molar-refractivity contribution in [1.82, 2.24) is 20.1 Å². The van der Waals surface area contributed by atoms with E-state index in [9.17, 15) is 0 Å². The van der Waals surface area contributed by atoms with Gasteiger partial charge in [-0.25, -0.2) is 9.97 Å². The van der Waals surface area contributed by atoms with Crippen LogP contribution in [0.25, 0.3) is 23.1 Å². The van der Waals surface area contributed by atoms with Gasteiger partial charge in [0.05, 0.1) is 5.51 Å². The van der Waals surface area contributed by atoms with Gasteiger partial charge in [0.2, 0.25) is 5.82 Å². The van der Waals surface area contributed by atoms with Gasteiger partial charge >= 0.3 is 0 Å².